The van der Waals surface area contributed by atoms with E-state index in [-0.39, 0.29) is 12.4 Å². The van der Waals surface area contributed by atoms with Crippen molar-refractivity contribution in [1.29, 1.82) is 0 Å². The molecule has 0 N–H and O–H groups in total. The summed E-state index contributed by atoms with van der Waals surface area (Å²) < 4.78 is 16.4. The van der Waals surface area contributed by atoms with E-state index >= 15 is 0 Å². The summed E-state index contributed by atoms with van der Waals surface area (Å²) in [6.45, 7) is 2.45. The van der Waals surface area contributed by atoms with E-state index in [4.69, 9.17) is 14.2 Å². The molecule has 4 nitrogen and oxygen atoms in total. The van der Waals surface area contributed by atoms with Crippen LogP contribution in [0.15, 0.2) is 28.7 Å². The Kier molecular flexibility index (Phi) is 8.66. The maximum Gasteiger partial charge on any atom is 0.188 e. The molecule has 0 aliphatic carbocycles. The Bertz CT molecular complexity index is 364. The Labute approximate surface area is 122 Å². The molecule has 1 aromatic rings. The van der Waals surface area contributed by atoms with Crippen molar-refractivity contribution in [2.45, 2.75) is 6.42 Å². The van der Waals surface area contributed by atoms with E-state index in [9.17, 15) is 4.79 Å². The van der Waals surface area contributed by atoms with Crippen LogP contribution in [0, 0.1) is 0 Å². The number of rotatable bonds is 10. The Morgan fingerprint density at radius 2 is 1.74 bits per heavy atom. The second-order valence-electron chi connectivity index (χ2n) is 3.94. The number of hydrogen-bond donors (Lipinski definition) is 0. The second kappa shape index (κ2) is 10.1. The van der Waals surface area contributed by atoms with Crippen LogP contribution in [-0.2, 0) is 14.2 Å². The van der Waals surface area contributed by atoms with Gasteiger partial charge in [0.05, 0.1) is 13.2 Å². The average Bonchev–Trinajstić information content (AvgIpc) is 2.42. The van der Waals surface area contributed by atoms with Crippen LogP contribution in [-0.4, -0.2) is 45.9 Å². The van der Waals surface area contributed by atoms with Gasteiger partial charge in [0.25, 0.3) is 0 Å². The first-order valence-corrected chi connectivity index (χ1v) is 6.96. The fraction of sp³-hybridized carbons (Fsp3) is 0.500. The van der Waals surface area contributed by atoms with Gasteiger partial charge in [0.1, 0.15) is 6.61 Å². The summed E-state index contributed by atoms with van der Waals surface area (Å²) in [5, 5.41) is 0. The molecule has 0 saturated carbocycles. The molecule has 0 aliphatic heterocycles. The zero-order chi connectivity index (χ0) is 13.9. The van der Waals surface area contributed by atoms with Crippen molar-refractivity contribution in [2.75, 3.05) is 40.1 Å². The second-order valence-corrected chi connectivity index (χ2v) is 4.86. The number of carbonyl (C=O) groups is 1. The van der Waals surface area contributed by atoms with Crippen LogP contribution in [0.25, 0.3) is 0 Å². The molecule has 5 heteroatoms. The van der Waals surface area contributed by atoms with Gasteiger partial charge in [-0.2, -0.15) is 0 Å². The minimum Gasteiger partial charge on any atom is -0.382 e. The van der Waals surface area contributed by atoms with E-state index in [2.05, 4.69) is 15.9 Å². The van der Waals surface area contributed by atoms with Crippen LogP contribution in [0.3, 0.4) is 0 Å². The van der Waals surface area contributed by atoms with Crippen molar-refractivity contribution in [3.05, 3.63) is 34.3 Å². The van der Waals surface area contributed by atoms with Gasteiger partial charge in [-0.25, -0.2) is 0 Å². The molecule has 0 radical (unpaired) electrons. The monoisotopic (exact) mass is 330 g/mol. The number of ketones is 1. The molecule has 0 bridgehead atoms. The number of methoxy groups -OCH3 is 1. The first-order chi connectivity index (χ1) is 9.24. The minimum absolute atomic E-state index is 0.00667. The molecule has 0 saturated heterocycles. The van der Waals surface area contributed by atoms with Gasteiger partial charge in [-0.05, 0) is 18.6 Å². The summed E-state index contributed by atoms with van der Waals surface area (Å²) in [6, 6.07) is 7.25. The zero-order valence-corrected chi connectivity index (χ0v) is 12.6. The largest absolute Gasteiger partial charge is 0.382 e. The van der Waals surface area contributed by atoms with Crippen LogP contribution < -0.4 is 0 Å². The molecule has 19 heavy (non-hydrogen) atoms. The maximum atomic E-state index is 11.7. The van der Waals surface area contributed by atoms with Crippen LogP contribution in [0.5, 0.6) is 0 Å². The number of Topliss-reactive ketones (excluding diaryl/α,β-unsaturated/α-hetero) is 1. The highest BCUT2D eigenvalue weighted by Gasteiger charge is 2.05. The van der Waals surface area contributed by atoms with Gasteiger partial charge in [-0.1, -0.05) is 28.1 Å². The quantitative estimate of drug-likeness (QED) is 0.488. The lowest BCUT2D eigenvalue weighted by Gasteiger charge is -2.05. The fourth-order valence-corrected chi connectivity index (χ4v) is 1.66. The molecule has 0 fully saturated rings. The van der Waals surface area contributed by atoms with E-state index in [1.165, 1.54) is 0 Å². The molecule has 0 aliphatic rings. The molecule has 0 spiro atoms. The van der Waals surface area contributed by atoms with E-state index in [1.54, 1.807) is 19.2 Å². The maximum absolute atomic E-state index is 11.7. The molecule has 1 aromatic carbocycles. The SMILES string of the molecule is COCCOCCCOCC(=O)c1ccc(Br)cc1. The zero-order valence-electron chi connectivity index (χ0n) is 11.1. The van der Waals surface area contributed by atoms with Gasteiger partial charge in [-0.3, -0.25) is 4.79 Å². The number of carbonyl (C=O) groups excluding carboxylic acids is 1. The molecule has 0 unspecified atom stereocenters. The summed E-state index contributed by atoms with van der Waals surface area (Å²) in [4.78, 5) is 11.7. The number of hydrogen-bond acceptors (Lipinski definition) is 4. The molecule has 0 amide bonds. The fourth-order valence-electron chi connectivity index (χ4n) is 1.39. The van der Waals surface area contributed by atoms with Crippen LogP contribution >= 0.6 is 15.9 Å². The highest BCUT2D eigenvalue weighted by atomic mass is 79.9. The molecular weight excluding hydrogens is 312 g/mol. The van der Waals surface area contributed by atoms with E-state index in [0.717, 1.165) is 10.9 Å². The van der Waals surface area contributed by atoms with Crippen molar-refractivity contribution in [3.8, 4) is 0 Å². The van der Waals surface area contributed by atoms with Crippen LogP contribution in [0.1, 0.15) is 16.8 Å². The van der Waals surface area contributed by atoms with E-state index in [1.807, 2.05) is 12.1 Å². The van der Waals surface area contributed by atoms with Crippen molar-refractivity contribution in [3.63, 3.8) is 0 Å². The summed E-state index contributed by atoms with van der Waals surface area (Å²) in [5.74, 6) is -0.00667. The lowest BCUT2D eigenvalue weighted by atomic mass is 10.1. The first kappa shape index (κ1) is 16.3. The summed E-state index contributed by atoms with van der Waals surface area (Å²) >= 11 is 3.33. The standard InChI is InChI=1S/C14H19BrO4/c1-17-9-10-18-7-2-8-19-11-14(16)12-3-5-13(15)6-4-12/h3-6H,2,7-11H2,1H3. The predicted molar refractivity (Wildman–Crippen MR) is 76.6 cm³/mol. The number of ether oxygens (including phenoxy) is 3. The van der Waals surface area contributed by atoms with Crippen molar-refractivity contribution < 1.29 is 19.0 Å². The molecule has 1 rings (SSSR count). The predicted octanol–water partition coefficient (Wildman–Crippen LogP) is 2.70. The van der Waals surface area contributed by atoms with Crippen molar-refractivity contribution in [1.82, 2.24) is 0 Å². The van der Waals surface area contributed by atoms with Crippen molar-refractivity contribution >= 4 is 21.7 Å². The van der Waals surface area contributed by atoms with E-state index < -0.39 is 0 Å². The smallest absolute Gasteiger partial charge is 0.188 e. The first-order valence-electron chi connectivity index (χ1n) is 6.17. The van der Waals surface area contributed by atoms with E-state index in [0.29, 0.717) is 32.0 Å². The van der Waals surface area contributed by atoms with Gasteiger partial charge in [-0.15, -0.1) is 0 Å². The third kappa shape index (κ3) is 7.42. The van der Waals surface area contributed by atoms with Crippen molar-refractivity contribution in [2.24, 2.45) is 0 Å². The lowest BCUT2D eigenvalue weighted by molar-refractivity contribution is 0.0488. The van der Waals surface area contributed by atoms with Gasteiger partial charge in [0.15, 0.2) is 5.78 Å². The van der Waals surface area contributed by atoms with Gasteiger partial charge >= 0.3 is 0 Å². The molecular formula is C14H19BrO4. The van der Waals surface area contributed by atoms with Gasteiger partial charge in [0.2, 0.25) is 0 Å². The van der Waals surface area contributed by atoms with Crippen LogP contribution in [0.2, 0.25) is 0 Å². The lowest BCUT2D eigenvalue weighted by Crippen LogP contribution is -2.11. The Balaban J connectivity index is 2.06. The third-order valence-corrected chi connectivity index (χ3v) is 2.94. The molecule has 0 atom stereocenters. The summed E-state index contributed by atoms with van der Waals surface area (Å²) in [6.07, 6.45) is 0.775. The average molecular weight is 331 g/mol. The molecule has 0 aromatic heterocycles. The Morgan fingerprint density at radius 1 is 1.05 bits per heavy atom. The molecule has 106 valence electrons. The highest BCUT2D eigenvalue weighted by Crippen LogP contribution is 2.10. The van der Waals surface area contributed by atoms with Gasteiger partial charge in [0, 0.05) is 30.4 Å². The summed E-state index contributed by atoms with van der Waals surface area (Å²) in [7, 11) is 1.64. The topological polar surface area (TPSA) is 44.8 Å². The Hall–Kier alpha value is -0.750. The number of benzene rings is 1. The summed E-state index contributed by atoms with van der Waals surface area (Å²) in [5.41, 5.74) is 0.666. The van der Waals surface area contributed by atoms with Crippen LogP contribution in [0.4, 0.5) is 0 Å². The molecule has 0 heterocycles. The van der Waals surface area contributed by atoms with Gasteiger partial charge < -0.3 is 14.2 Å². The highest BCUT2D eigenvalue weighted by molar-refractivity contribution is 9.10. The number of halogens is 1. The third-order valence-electron chi connectivity index (χ3n) is 2.41. The Morgan fingerprint density at radius 3 is 2.42 bits per heavy atom. The normalized spacial score (nSPS) is 10.6. The minimum atomic E-state index is -0.00667.